The maximum Gasteiger partial charge on any atom is 0.0931 e. The Balaban J connectivity index is 1.81. The van der Waals surface area contributed by atoms with Crippen molar-refractivity contribution in [1.29, 1.82) is 0 Å². The van der Waals surface area contributed by atoms with Crippen LogP contribution in [0.1, 0.15) is 5.56 Å². The van der Waals surface area contributed by atoms with Crippen molar-refractivity contribution >= 4 is 11.0 Å². The lowest BCUT2D eigenvalue weighted by Crippen LogP contribution is -2.47. The molecule has 0 amide bonds. The smallest absolute Gasteiger partial charge is 0.0931 e. The highest BCUT2D eigenvalue weighted by atomic mass is 16.3. The molecule has 4 nitrogen and oxygen atoms in total. The topological polar surface area (TPSA) is 49.2 Å². The number of likely N-dealkylation sites (tertiary alicyclic amines) is 1. The van der Waals surface area contributed by atoms with Crippen LogP contribution in [0.25, 0.3) is 11.0 Å². The van der Waals surface area contributed by atoms with Gasteiger partial charge in [0.15, 0.2) is 0 Å². The lowest BCUT2D eigenvalue weighted by molar-refractivity contribution is 0.0482. The van der Waals surface area contributed by atoms with Gasteiger partial charge in [0, 0.05) is 44.6 Å². The van der Waals surface area contributed by atoms with Crippen LogP contribution in [0.5, 0.6) is 0 Å². The predicted molar refractivity (Wildman–Crippen MR) is 65.4 cm³/mol. The molecule has 0 saturated carbocycles. The molecular formula is C13H15N3O. The van der Waals surface area contributed by atoms with E-state index in [1.807, 2.05) is 12.1 Å². The molecule has 0 bridgehead atoms. The Bertz CT molecular complexity index is 518. The Hall–Kier alpha value is -1.52. The molecule has 1 saturated heterocycles. The number of fused-ring (bicyclic) bond motifs is 1. The van der Waals surface area contributed by atoms with E-state index in [1.54, 1.807) is 12.4 Å². The third kappa shape index (κ3) is 2.01. The number of hydrogen-bond acceptors (Lipinski definition) is 4. The molecule has 3 rings (SSSR count). The highest BCUT2D eigenvalue weighted by molar-refractivity contribution is 5.77. The Morgan fingerprint density at radius 3 is 2.88 bits per heavy atom. The fraction of sp³-hybridized carbons (Fsp3) is 0.385. The van der Waals surface area contributed by atoms with Crippen molar-refractivity contribution in [2.75, 3.05) is 19.7 Å². The van der Waals surface area contributed by atoms with Crippen LogP contribution in [0.15, 0.2) is 30.6 Å². The van der Waals surface area contributed by atoms with Crippen LogP contribution < -0.4 is 0 Å². The van der Waals surface area contributed by atoms with Crippen LogP contribution in [0, 0.1) is 5.92 Å². The molecule has 1 aromatic heterocycles. The molecule has 1 aromatic carbocycles. The maximum atomic E-state index is 8.99. The van der Waals surface area contributed by atoms with E-state index in [0.717, 1.165) is 30.7 Å². The summed E-state index contributed by atoms with van der Waals surface area (Å²) in [5.74, 6) is 0.455. The largest absolute Gasteiger partial charge is 0.396 e. The molecule has 0 spiro atoms. The zero-order valence-electron chi connectivity index (χ0n) is 9.58. The molecule has 1 aliphatic rings. The van der Waals surface area contributed by atoms with E-state index in [2.05, 4.69) is 20.9 Å². The first-order valence-electron chi connectivity index (χ1n) is 5.88. The number of aliphatic hydroxyl groups is 1. The van der Waals surface area contributed by atoms with Crippen LogP contribution in [-0.4, -0.2) is 39.7 Å². The number of benzene rings is 1. The Morgan fingerprint density at radius 1 is 1.24 bits per heavy atom. The second kappa shape index (κ2) is 4.39. The molecule has 1 fully saturated rings. The van der Waals surface area contributed by atoms with Crippen molar-refractivity contribution in [3.05, 3.63) is 36.2 Å². The monoisotopic (exact) mass is 229 g/mol. The summed E-state index contributed by atoms with van der Waals surface area (Å²) in [5.41, 5.74) is 3.15. The predicted octanol–water partition coefficient (Wildman–Crippen LogP) is 1.05. The van der Waals surface area contributed by atoms with Gasteiger partial charge in [-0.2, -0.15) is 0 Å². The molecule has 2 heterocycles. The van der Waals surface area contributed by atoms with E-state index in [0.29, 0.717) is 12.5 Å². The average molecular weight is 229 g/mol. The van der Waals surface area contributed by atoms with Crippen molar-refractivity contribution in [2.24, 2.45) is 5.92 Å². The number of rotatable bonds is 3. The summed E-state index contributed by atoms with van der Waals surface area (Å²) in [5, 5.41) is 8.99. The number of aromatic nitrogens is 2. The first kappa shape index (κ1) is 10.6. The minimum Gasteiger partial charge on any atom is -0.396 e. The zero-order chi connectivity index (χ0) is 11.7. The van der Waals surface area contributed by atoms with Gasteiger partial charge in [-0.05, 0) is 11.6 Å². The summed E-state index contributed by atoms with van der Waals surface area (Å²) in [6.07, 6.45) is 3.45. The maximum absolute atomic E-state index is 8.99. The number of hydrogen-bond donors (Lipinski definition) is 1. The van der Waals surface area contributed by atoms with Gasteiger partial charge in [-0.15, -0.1) is 0 Å². The number of aliphatic hydroxyl groups excluding tert-OH is 1. The summed E-state index contributed by atoms with van der Waals surface area (Å²) < 4.78 is 0. The average Bonchev–Trinajstić information content (AvgIpc) is 2.33. The fourth-order valence-corrected chi connectivity index (χ4v) is 2.34. The van der Waals surface area contributed by atoms with Crippen LogP contribution in [0.2, 0.25) is 0 Å². The molecule has 0 aliphatic carbocycles. The van der Waals surface area contributed by atoms with Crippen molar-refractivity contribution in [3.8, 4) is 0 Å². The fourth-order valence-electron chi connectivity index (χ4n) is 2.34. The highest BCUT2D eigenvalue weighted by Gasteiger charge is 2.25. The normalized spacial score (nSPS) is 17.2. The molecule has 2 aromatic rings. The van der Waals surface area contributed by atoms with Gasteiger partial charge < -0.3 is 5.11 Å². The van der Waals surface area contributed by atoms with Crippen LogP contribution >= 0.6 is 0 Å². The Morgan fingerprint density at radius 2 is 2.06 bits per heavy atom. The Kier molecular flexibility index (Phi) is 2.74. The quantitative estimate of drug-likeness (QED) is 0.854. The van der Waals surface area contributed by atoms with Gasteiger partial charge >= 0.3 is 0 Å². The van der Waals surface area contributed by atoms with Crippen molar-refractivity contribution in [1.82, 2.24) is 14.9 Å². The lowest BCUT2D eigenvalue weighted by Gasteiger charge is -2.38. The molecule has 0 unspecified atom stereocenters. The summed E-state index contributed by atoms with van der Waals surface area (Å²) in [6, 6.07) is 6.11. The molecule has 0 radical (unpaired) electrons. The first-order valence-corrected chi connectivity index (χ1v) is 5.88. The van der Waals surface area contributed by atoms with Crippen molar-refractivity contribution < 1.29 is 5.11 Å². The van der Waals surface area contributed by atoms with Crippen molar-refractivity contribution in [2.45, 2.75) is 6.54 Å². The van der Waals surface area contributed by atoms with E-state index in [4.69, 9.17) is 5.11 Å². The van der Waals surface area contributed by atoms with E-state index in [1.165, 1.54) is 5.56 Å². The minimum absolute atomic E-state index is 0.297. The summed E-state index contributed by atoms with van der Waals surface area (Å²) in [7, 11) is 0. The highest BCUT2D eigenvalue weighted by Crippen LogP contribution is 2.21. The van der Waals surface area contributed by atoms with Gasteiger partial charge in [-0.1, -0.05) is 12.1 Å². The first-order chi connectivity index (χ1) is 8.36. The molecule has 1 N–H and O–H groups in total. The van der Waals surface area contributed by atoms with Gasteiger partial charge in [0.1, 0.15) is 0 Å². The third-order valence-corrected chi connectivity index (χ3v) is 3.27. The number of para-hydroxylation sites is 1. The van der Waals surface area contributed by atoms with E-state index >= 15 is 0 Å². The van der Waals surface area contributed by atoms with Gasteiger partial charge in [-0.3, -0.25) is 14.9 Å². The molecule has 1 aliphatic heterocycles. The molecule has 0 atom stereocenters. The minimum atomic E-state index is 0.297. The van der Waals surface area contributed by atoms with Crippen LogP contribution in [0.4, 0.5) is 0 Å². The molecular weight excluding hydrogens is 214 g/mol. The molecule has 17 heavy (non-hydrogen) atoms. The Labute approximate surface area is 99.9 Å². The number of nitrogens with zero attached hydrogens (tertiary/aromatic N) is 3. The van der Waals surface area contributed by atoms with E-state index in [-0.39, 0.29) is 0 Å². The molecule has 88 valence electrons. The van der Waals surface area contributed by atoms with Crippen molar-refractivity contribution in [3.63, 3.8) is 0 Å². The third-order valence-electron chi connectivity index (χ3n) is 3.27. The standard InChI is InChI=1S/C13H15N3O/c17-9-10-6-16(7-10)8-11-2-1-3-12-13(11)15-5-4-14-12/h1-5,10,17H,6-9H2. The SMILES string of the molecule is OCC1CN(Cc2cccc3nccnc23)C1. The zero-order valence-corrected chi connectivity index (χ0v) is 9.58. The summed E-state index contributed by atoms with van der Waals surface area (Å²) in [6.45, 7) is 3.15. The van der Waals surface area contributed by atoms with Gasteiger partial charge in [-0.25, -0.2) is 0 Å². The lowest BCUT2D eigenvalue weighted by atomic mass is 10.00. The molecule has 4 heteroatoms. The van der Waals surface area contributed by atoms with Gasteiger partial charge in [0.2, 0.25) is 0 Å². The summed E-state index contributed by atoms with van der Waals surface area (Å²) in [4.78, 5) is 11.0. The van der Waals surface area contributed by atoms with Gasteiger partial charge in [0.05, 0.1) is 11.0 Å². The second-order valence-corrected chi connectivity index (χ2v) is 4.58. The second-order valence-electron chi connectivity index (χ2n) is 4.58. The van der Waals surface area contributed by atoms with Crippen LogP contribution in [-0.2, 0) is 6.54 Å². The van der Waals surface area contributed by atoms with Gasteiger partial charge in [0.25, 0.3) is 0 Å². The van der Waals surface area contributed by atoms with E-state index < -0.39 is 0 Å². The summed E-state index contributed by atoms with van der Waals surface area (Å²) >= 11 is 0. The van der Waals surface area contributed by atoms with Crippen LogP contribution in [0.3, 0.4) is 0 Å². The van der Waals surface area contributed by atoms with E-state index in [9.17, 15) is 0 Å².